The maximum atomic E-state index is 12.6. The molecular weight excluding hydrogens is 368 g/mol. The molecule has 0 saturated carbocycles. The van der Waals surface area contributed by atoms with E-state index in [1.807, 2.05) is 27.7 Å². The number of rotatable bonds is 4. The van der Waals surface area contributed by atoms with Gasteiger partial charge in [-0.25, -0.2) is 9.97 Å². The number of hydrogen-bond donors (Lipinski definition) is 0. The normalized spacial score (nSPS) is 19.7. The Morgan fingerprint density at radius 3 is 2.12 bits per heavy atom. The molecular formula is C16H20BF3N2O3S. The zero-order valence-electron chi connectivity index (χ0n) is 15.2. The minimum atomic E-state index is -4.60. The standard InChI is InChI=1S/C16H20BF3N2O3S/c1-10(23)26-9-12(17-24-14(2,3)15(4,5)25-17)6-11-7-21-13(22-8-11)16(18,19)20/h6-8H,9H2,1-5H3. The number of carbonyl (C=O) groups excluding carboxylic acids is 1. The molecule has 0 bridgehead atoms. The van der Waals surface area contributed by atoms with Crippen LogP contribution in [0.3, 0.4) is 0 Å². The first-order chi connectivity index (χ1) is 11.8. The summed E-state index contributed by atoms with van der Waals surface area (Å²) in [4.78, 5) is 18.0. The van der Waals surface area contributed by atoms with Crippen molar-refractivity contribution in [2.75, 3.05) is 5.75 Å². The topological polar surface area (TPSA) is 61.3 Å². The monoisotopic (exact) mass is 388 g/mol. The average Bonchev–Trinajstić information content (AvgIpc) is 2.71. The van der Waals surface area contributed by atoms with Crippen LogP contribution in [-0.2, 0) is 20.3 Å². The van der Waals surface area contributed by atoms with Gasteiger partial charge in [0.05, 0.1) is 11.2 Å². The molecule has 0 N–H and O–H groups in total. The Morgan fingerprint density at radius 2 is 1.69 bits per heavy atom. The third-order valence-corrected chi connectivity index (χ3v) is 5.16. The van der Waals surface area contributed by atoms with E-state index in [0.717, 1.165) is 24.2 Å². The van der Waals surface area contributed by atoms with Crippen LogP contribution in [0.5, 0.6) is 0 Å². The van der Waals surface area contributed by atoms with Crippen LogP contribution in [0.2, 0.25) is 0 Å². The number of aromatic nitrogens is 2. The number of hydrogen-bond acceptors (Lipinski definition) is 6. The molecule has 1 aliphatic heterocycles. The maximum absolute atomic E-state index is 12.6. The maximum Gasteiger partial charge on any atom is 0.491 e. The van der Waals surface area contributed by atoms with E-state index < -0.39 is 30.3 Å². The van der Waals surface area contributed by atoms with Gasteiger partial charge in [0.2, 0.25) is 5.82 Å². The zero-order valence-corrected chi connectivity index (χ0v) is 16.0. The molecule has 10 heteroatoms. The molecule has 1 aromatic heterocycles. The Balaban J connectivity index is 2.30. The predicted molar refractivity (Wildman–Crippen MR) is 94.2 cm³/mol. The van der Waals surface area contributed by atoms with Crippen molar-refractivity contribution in [2.24, 2.45) is 0 Å². The lowest BCUT2D eigenvalue weighted by Gasteiger charge is -2.32. The number of halogens is 3. The number of nitrogens with zero attached hydrogens (tertiary/aromatic N) is 2. The Kier molecular flexibility index (Phi) is 5.89. The van der Waals surface area contributed by atoms with Gasteiger partial charge in [0, 0.05) is 30.6 Å². The molecule has 0 unspecified atom stereocenters. The van der Waals surface area contributed by atoms with Crippen molar-refractivity contribution in [3.63, 3.8) is 0 Å². The van der Waals surface area contributed by atoms with Crippen molar-refractivity contribution in [1.29, 1.82) is 0 Å². The molecule has 0 spiro atoms. The van der Waals surface area contributed by atoms with Crippen LogP contribution < -0.4 is 0 Å². The van der Waals surface area contributed by atoms with E-state index in [-0.39, 0.29) is 10.9 Å². The summed E-state index contributed by atoms with van der Waals surface area (Å²) in [5, 5.41) is -0.0870. The molecule has 0 atom stereocenters. The van der Waals surface area contributed by atoms with Crippen molar-refractivity contribution in [1.82, 2.24) is 9.97 Å². The number of thioether (sulfide) groups is 1. The Labute approximate surface area is 154 Å². The first-order valence-corrected chi connectivity index (χ1v) is 8.89. The SMILES string of the molecule is CC(=O)SCC(=Cc1cnc(C(F)(F)F)nc1)B1OC(C)(C)C(C)(C)O1. The molecule has 0 aromatic carbocycles. The van der Waals surface area contributed by atoms with Crippen molar-refractivity contribution in [2.45, 2.75) is 52.0 Å². The van der Waals surface area contributed by atoms with Gasteiger partial charge in [-0.15, -0.1) is 0 Å². The van der Waals surface area contributed by atoms with Crippen molar-refractivity contribution < 1.29 is 27.3 Å². The molecule has 0 amide bonds. The van der Waals surface area contributed by atoms with Crippen molar-refractivity contribution in [3.8, 4) is 0 Å². The lowest BCUT2D eigenvalue weighted by Crippen LogP contribution is -2.41. The molecule has 0 radical (unpaired) electrons. The zero-order chi connectivity index (χ0) is 19.8. The van der Waals surface area contributed by atoms with Crippen LogP contribution in [0.4, 0.5) is 13.2 Å². The Morgan fingerprint density at radius 1 is 1.19 bits per heavy atom. The molecule has 1 fully saturated rings. The highest BCUT2D eigenvalue weighted by atomic mass is 32.2. The van der Waals surface area contributed by atoms with Crippen LogP contribution in [0.15, 0.2) is 17.9 Å². The van der Waals surface area contributed by atoms with Gasteiger partial charge in [0.1, 0.15) is 0 Å². The molecule has 0 aliphatic carbocycles. The van der Waals surface area contributed by atoms with Crippen LogP contribution in [-0.4, -0.2) is 39.2 Å². The number of alkyl halides is 3. The van der Waals surface area contributed by atoms with Crippen molar-refractivity contribution in [3.05, 3.63) is 29.3 Å². The van der Waals surface area contributed by atoms with E-state index in [9.17, 15) is 18.0 Å². The first-order valence-electron chi connectivity index (χ1n) is 7.90. The van der Waals surface area contributed by atoms with Gasteiger partial charge < -0.3 is 9.31 Å². The number of carbonyl (C=O) groups is 1. The lowest BCUT2D eigenvalue weighted by atomic mass is 9.78. The summed E-state index contributed by atoms with van der Waals surface area (Å²) in [5.41, 5.74) is -0.165. The van der Waals surface area contributed by atoms with E-state index in [2.05, 4.69) is 9.97 Å². The van der Waals surface area contributed by atoms with E-state index in [1.54, 1.807) is 6.08 Å². The summed E-state index contributed by atoms with van der Waals surface area (Å²) in [6.07, 6.45) is -0.835. The summed E-state index contributed by atoms with van der Waals surface area (Å²) in [7, 11) is -0.714. The Hall–Kier alpha value is -1.39. The highest BCUT2D eigenvalue weighted by Crippen LogP contribution is 2.39. The van der Waals surface area contributed by atoms with E-state index in [4.69, 9.17) is 9.31 Å². The van der Waals surface area contributed by atoms with Crippen LogP contribution >= 0.6 is 11.8 Å². The fraction of sp³-hybridized carbons (Fsp3) is 0.562. The second-order valence-corrected chi connectivity index (χ2v) is 8.08. The summed E-state index contributed by atoms with van der Waals surface area (Å²) >= 11 is 1.07. The van der Waals surface area contributed by atoms with Crippen LogP contribution in [0, 0.1) is 0 Å². The minimum absolute atomic E-state index is 0.0870. The molecule has 142 valence electrons. The smallest absolute Gasteiger partial charge is 0.400 e. The highest BCUT2D eigenvalue weighted by molar-refractivity contribution is 8.13. The molecule has 2 rings (SSSR count). The molecule has 1 aliphatic rings. The third-order valence-electron chi connectivity index (χ3n) is 4.28. The average molecular weight is 388 g/mol. The molecule has 2 heterocycles. The van der Waals surface area contributed by atoms with E-state index in [0.29, 0.717) is 11.0 Å². The fourth-order valence-corrected chi connectivity index (χ4v) is 2.72. The Bertz CT molecular complexity index is 690. The fourth-order valence-electron chi connectivity index (χ4n) is 2.13. The quantitative estimate of drug-likeness (QED) is 0.732. The predicted octanol–water partition coefficient (Wildman–Crippen LogP) is 3.79. The second-order valence-electron chi connectivity index (χ2n) is 6.93. The van der Waals surface area contributed by atoms with Gasteiger partial charge in [0.25, 0.3) is 0 Å². The van der Waals surface area contributed by atoms with Crippen molar-refractivity contribution >= 4 is 30.1 Å². The van der Waals surface area contributed by atoms with E-state index >= 15 is 0 Å². The van der Waals surface area contributed by atoms with Gasteiger partial charge in [-0.2, -0.15) is 13.2 Å². The first kappa shape index (κ1) is 20.9. The summed E-state index contributed by atoms with van der Waals surface area (Å²) in [6.45, 7) is 9.01. The lowest BCUT2D eigenvalue weighted by molar-refractivity contribution is -0.145. The van der Waals surface area contributed by atoms with Crippen LogP contribution in [0.1, 0.15) is 46.0 Å². The van der Waals surface area contributed by atoms with Crippen LogP contribution in [0.25, 0.3) is 6.08 Å². The summed E-state index contributed by atoms with van der Waals surface area (Å²) in [6, 6.07) is 0. The summed E-state index contributed by atoms with van der Waals surface area (Å²) in [5.74, 6) is -0.919. The highest BCUT2D eigenvalue weighted by Gasteiger charge is 2.52. The van der Waals surface area contributed by atoms with Gasteiger partial charge >= 0.3 is 13.3 Å². The van der Waals surface area contributed by atoms with Gasteiger partial charge in [-0.1, -0.05) is 17.8 Å². The molecule has 1 saturated heterocycles. The molecule has 1 aromatic rings. The second kappa shape index (κ2) is 7.32. The third kappa shape index (κ3) is 4.86. The molecule has 26 heavy (non-hydrogen) atoms. The van der Waals surface area contributed by atoms with E-state index in [1.165, 1.54) is 6.92 Å². The summed E-state index contributed by atoms with van der Waals surface area (Å²) < 4.78 is 49.7. The largest absolute Gasteiger partial charge is 0.491 e. The van der Waals surface area contributed by atoms with Gasteiger partial charge in [-0.3, -0.25) is 4.79 Å². The molecule has 5 nitrogen and oxygen atoms in total. The van der Waals surface area contributed by atoms with Gasteiger partial charge in [-0.05, 0) is 33.2 Å². The minimum Gasteiger partial charge on any atom is -0.400 e. The van der Waals surface area contributed by atoms with Gasteiger partial charge in [0.15, 0.2) is 5.12 Å².